The molecule has 2 fully saturated rings. The zero-order valence-corrected chi connectivity index (χ0v) is 39.1. The number of carbonyl (C=O) groups is 2. The lowest BCUT2D eigenvalue weighted by Gasteiger charge is -2.33. The van der Waals surface area contributed by atoms with Gasteiger partial charge in [0, 0.05) is 73.6 Å². The summed E-state index contributed by atoms with van der Waals surface area (Å²) in [5.41, 5.74) is 7.85. The number of likely N-dealkylation sites (tertiary alicyclic amines) is 2. The van der Waals surface area contributed by atoms with Crippen LogP contribution in [-0.2, 0) is 9.47 Å². The third-order valence-corrected chi connectivity index (χ3v) is 10.8. The number of aromatic nitrogens is 10. The van der Waals surface area contributed by atoms with Crippen molar-refractivity contribution in [3.8, 4) is 0 Å². The minimum Gasteiger partial charge on any atom is -0.444 e. The van der Waals surface area contributed by atoms with E-state index in [1.54, 1.807) is 31.2 Å². The highest BCUT2D eigenvalue weighted by atomic mass is 127. The van der Waals surface area contributed by atoms with Gasteiger partial charge in [-0.15, -0.1) is 10.2 Å². The number of rotatable bonds is 4. The summed E-state index contributed by atoms with van der Waals surface area (Å²) in [6, 6.07) is 8.25. The number of ether oxygens (including phenoxy) is 2. The summed E-state index contributed by atoms with van der Waals surface area (Å²) >= 11 is 8.95. The third-order valence-electron chi connectivity index (χ3n) is 9.06. The Morgan fingerprint density at radius 2 is 1.22 bits per heavy atom. The average Bonchev–Trinajstić information content (AvgIpc) is 3.99. The van der Waals surface area contributed by atoms with Gasteiger partial charge in [0.1, 0.15) is 11.2 Å². The Hall–Kier alpha value is -4.51. The number of nitrogens with two attached hydrogens (primary N) is 1. The quantitative estimate of drug-likeness (QED) is 0.161. The standard InChI is InChI=1S/C19H24BrN7O2.C13H22N4O2.C6H3BrIN3/c1-19(2,3)29-18(28)25-9-6-14(7-10-25)27-12-13(11-21-27)22-17-23-16-15(20)5-4-8-26(16)24-17;1-13(2,3)19-12(18)16-6-4-11(5-7-16)17-9-10(14)8-15-17;7-4-2-1-3-11-5(4)9-6(8)10-11/h4-5,8,11-12,14H,6-7,9-10H2,1-3H3,(H,22,24);8-9,11H,4-7,14H2,1-3H3;1-3H. The van der Waals surface area contributed by atoms with Gasteiger partial charge >= 0.3 is 12.2 Å². The smallest absolute Gasteiger partial charge is 0.410 e. The molecule has 0 bridgehead atoms. The van der Waals surface area contributed by atoms with E-state index in [9.17, 15) is 9.59 Å². The van der Waals surface area contributed by atoms with Crippen LogP contribution in [0, 0.1) is 3.83 Å². The van der Waals surface area contributed by atoms with Crippen LogP contribution in [0.4, 0.5) is 26.9 Å². The van der Waals surface area contributed by atoms with Gasteiger partial charge in [0.15, 0.2) is 11.3 Å². The Morgan fingerprint density at radius 3 is 1.68 bits per heavy atom. The molecule has 18 nitrogen and oxygen atoms in total. The molecule has 2 aliphatic heterocycles. The maximum absolute atomic E-state index is 12.2. The van der Waals surface area contributed by atoms with Crippen LogP contribution in [0.1, 0.15) is 79.3 Å². The van der Waals surface area contributed by atoms with E-state index in [1.807, 2.05) is 100.0 Å². The number of amides is 2. The maximum Gasteiger partial charge on any atom is 0.410 e. The van der Waals surface area contributed by atoms with E-state index in [2.05, 4.69) is 90.1 Å². The number of piperidine rings is 2. The van der Waals surface area contributed by atoms with Gasteiger partial charge in [-0.1, -0.05) is 0 Å². The highest BCUT2D eigenvalue weighted by Crippen LogP contribution is 2.27. The number of fused-ring (bicyclic) bond motifs is 2. The Morgan fingerprint density at radius 1 is 0.746 bits per heavy atom. The van der Waals surface area contributed by atoms with Gasteiger partial charge in [-0.05, 0) is 123 Å². The molecule has 0 radical (unpaired) electrons. The van der Waals surface area contributed by atoms with Crippen molar-refractivity contribution in [2.45, 2.75) is 90.5 Å². The second-order valence-electron chi connectivity index (χ2n) is 16.0. The average molecular weight is 1050 g/mol. The minimum atomic E-state index is -0.474. The Bertz CT molecular complexity index is 2350. The van der Waals surface area contributed by atoms with Gasteiger partial charge < -0.3 is 30.3 Å². The monoisotopic (exact) mass is 1050 g/mol. The molecule has 2 amide bonds. The van der Waals surface area contributed by atoms with Gasteiger partial charge in [-0.2, -0.15) is 15.2 Å². The molecule has 0 unspecified atom stereocenters. The van der Waals surface area contributed by atoms with Crippen molar-refractivity contribution in [1.29, 1.82) is 0 Å². The van der Waals surface area contributed by atoms with Gasteiger partial charge in [0.05, 0.1) is 44.8 Å². The summed E-state index contributed by atoms with van der Waals surface area (Å²) in [5, 5.41) is 20.5. The highest BCUT2D eigenvalue weighted by Gasteiger charge is 2.29. The molecule has 6 aromatic rings. The largest absolute Gasteiger partial charge is 0.444 e. The molecule has 0 atom stereocenters. The zero-order chi connectivity index (χ0) is 42.5. The molecule has 0 aromatic carbocycles. The van der Waals surface area contributed by atoms with E-state index in [4.69, 9.17) is 15.2 Å². The van der Waals surface area contributed by atoms with Crippen LogP contribution in [-0.4, -0.2) is 108 Å². The predicted molar refractivity (Wildman–Crippen MR) is 238 cm³/mol. The topological polar surface area (TPSA) is 193 Å². The molecule has 0 aliphatic carbocycles. The summed E-state index contributed by atoms with van der Waals surface area (Å²) in [6.07, 6.45) is 13.9. The van der Waals surface area contributed by atoms with Crippen LogP contribution in [0.5, 0.6) is 0 Å². The third kappa shape index (κ3) is 12.3. The molecule has 2 aliphatic rings. The van der Waals surface area contributed by atoms with Gasteiger partial charge in [0.25, 0.3) is 0 Å². The van der Waals surface area contributed by atoms with E-state index in [0.29, 0.717) is 43.9 Å². The van der Waals surface area contributed by atoms with Gasteiger partial charge in [0.2, 0.25) is 9.78 Å². The molecule has 8 rings (SSSR count). The van der Waals surface area contributed by atoms with Crippen LogP contribution >= 0.6 is 54.5 Å². The van der Waals surface area contributed by atoms with Crippen LogP contribution < -0.4 is 11.1 Å². The Kier molecular flexibility index (Phi) is 14.1. The van der Waals surface area contributed by atoms with Crippen molar-refractivity contribution in [2.75, 3.05) is 37.2 Å². The fourth-order valence-corrected chi connectivity index (χ4v) is 7.64. The summed E-state index contributed by atoms with van der Waals surface area (Å²) in [4.78, 5) is 36.4. The van der Waals surface area contributed by atoms with Crippen LogP contribution in [0.3, 0.4) is 0 Å². The SMILES string of the molecule is Brc1cccn2nc(I)nc12.CC(C)(C)OC(=O)N1CCC(n2cc(N)cn2)CC1.CC(C)(C)OC(=O)N1CCC(n2cc(Nc3nc4c(Br)cccn4n3)cn2)CC1. The lowest BCUT2D eigenvalue weighted by molar-refractivity contribution is 0.0174. The summed E-state index contributed by atoms with van der Waals surface area (Å²) in [6.45, 7) is 14.0. The van der Waals surface area contributed by atoms with Crippen molar-refractivity contribution in [3.05, 3.63) is 74.2 Å². The van der Waals surface area contributed by atoms with Crippen molar-refractivity contribution in [2.24, 2.45) is 0 Å². The number of carbonyl (C=O) groups excluding carboxylic acids is 2. The zero-order valence-electron chi connectivity index (χ0n) is 33.8. The molecular formula is C38H49Br2IN14O4. The van der Waals surface area contributed by atoms with Crippen molar-refractivity contribution in [1.82, 2.24) is 58.6 Å². The molecule has 3 N–H and O–H groups in total. The molecular weight excluding hydrogens is 1000 g/mol. The molecule has 21 heteroatoms. The number of hydrogen-bond acceptors (Lipinski definition) is 12. The van der Waals surface area contributed by atoms with Crippen molar-refractivity contribution < 1.29 is 19.1 Å². The van der Waals surface area contributed by atoms with Gasteiger partial charge in [-0.25, -0.2) is 23.6 Å². The lowest BCUT2D eigenvalue weighted by atomic mass is 10.1. The molecule has 0 spiro atoms. The van der Waals surface area contributed by atoms with Crippen molar-refractivity contribution >= 4 is 95.3 Å². The first kappa shape index (κ1) is 44.1. The Labute approximate surface area is 372 Å². The summed E-state index contributed by atoms with van der Waals surface area (Å²) in [7, 11) is 0. The molecule has 0 saturated carbocycles. The van der Waals surface area contributed by atoms with Crippen LogP contribution in [0.25, 0.3) is 11.3 Å². The van der Waals surface area contributed by atoms with E-state index < -0.39 is 11.2 Å². The predicted octanol–water partition coefficient (Wildman–Crippen LogP) is 8.14. The Balaban J connectivity index is 0.000000166. The van der Waals surface area contributed by atoms with Crippen molar-refractivity contribution in [3.63, 3.8) is 0 Å². The van der Waals surface area contributed by atoms with E-state index in [0.717, 1.165) is 55.4 Å². The van der Waals surface area contributed by atoms with E-state index >= 15 is 0 Å². The second-order valence-corrected chi connectivity index (χ2v) is 18.7. The molecule has 6 aromatic heterocycles. The number of nitrogen functional groups attached to an aromatic ring is 1. The first-order valence-electron chi connectivity index (χ1n) is 19.1. The molecule has 316 valence electrons. The normalized spacial score (nSPS) is 15.3. The minimum absolute atomic E-state index is 0.231. The fourth-order valence-electron chi connectivity index (χ4n) is 6.34. The number of halogens is 3. The lowest BCUT2D eigenvalue weighted by Crippen LogP contribution is -2.42. The van der Waals surface area contributed by atoms with Crippen LogP contribution in [0.15, 0.2) is 70.4 Å². The number of pyridine rings is 2. The first-order chi connectivity index (χ1) is 27.9. The molecule has 59 heavy (non-hydrogen) atoms. The van der Waals surface area contributed by atoms with Crippen LogP contribution in [0.2, 0.25) is 0 Å². The summed E-state index contributed by atoms with van der Waals surface area (Å²) < 4.78 is 20.7. The number of anilines is 3. The fraction of sp³-hybridized carbons (Fsp3) is 0.474. The molecule has 8 heterocycles. The second kappa shape index (κ2) is 18.8. The number of nitrogens with one attached hydrogen (secondary N) is 1. The number of nitrogens with zero attached hydrogens (tertiary/aromatic N) is 12. The van der Waals surface area contributed by atoms with Gasteiger partial charge in [-0.3, -0.25) is 9.36 Å². The summed E-state index contributed by atoms with van der Waals surface area (Å²) in [5.74, 6) is 0.510. The number of hydrogen-bond donors (Lipinski definition) is 2. The van der Waals surface area contributed by atoms with E-state index in [-0.39, 0.29) is 18.2 Å². The molecule has 2 saturated heterocycles. The van der Waals surface area contributed by atoms with E-state index in [1.165, 1.54) is 0 Å². The highest BCUT2D eigenvalue weighted by molar-refractivity contribution is 14.1. The first-order valence-corrected chi connectivity index (χ1v) is 21.8. The maximum atomic E-state index is 12.2.